The second-order valence-corrected chi connectivity index (χ2v) is 14.1. The van der Waals surface area contributed by atoms with Crippen LogP contribution < -0.4 is 4.74 Å². The normalized spacial score (nSPS) is 11.7. The van der Waals surface area contributed by atoms with E-state index < -0.39 is 8.07 Å². The lowest BCUT2D eigenvalue weighted by atomic mass is 10.2. The zero-order valence-electron chi connectivity index (χ0n) is 17.9. The molecular weight excluding hydrogens is 410 g/mol. The third kappa shape index (κ3) is 5.10. The minimum Gasteiger partial charge on any atom is -0.463 e. The fourth-order valence-electron chi connectivity index (χ4n) is 3.11. The Balaban J connectivity index is 1.42. The fourth-order valence-corrected chi connectivity index (χ4v) is 3.86. The molecule has 7 nitrogen and oxygen atoms in total. The summed E-state index contributed by atoms with van der Waals surface area (Å²) in [5, 5.41) is 5.12. The summed E-state index contributed by atoms with van der Waals surface area (Å²) in [6, 6.07) is 12.1. The summed E-state index contributed by atoms with van der Waals surface area (Å²) in [4.78, 5) is 15.4. The molecule has 0 bridgehead atoms. The Morgan fingerprint density at radius 3 is 2.77 bits per heavy atom. The number of carbonyl (C=O) groups is 1. The Morgan fingerprint density at radius 2 is 2.03 bits per heavy atom. The number of aldehydes is 1. The van der Waals surface area contributed by atoms with E-state index in [4.69, 9.17) is 13.9 Å². The van der Waals surface area contributed by atoms with Gasteiger partial charge in [0, 0.05) is 50.2 Å². The Kier molecular flexibility index (Phi) is 6.01. The lowest BCUT2D eigenvalue weighted by Gasteiger charge is -2.16. The van der Waals surface area contributed by atoms with E-state index in [2.05, 4.69) is 29.7 Å². The van der Waals surface area contributed by atoms with Crippen LogP contribution in [0.5, 0.6) is 11.6 Å². The smallest absolute Gasteiger partial charge is 0.219 e. The van der Waals surface area contributed by atoms with Crippen LogP contribution in [0.2, 0.25) is 25.7 Å². The first-order valence-electron chi connectivity index (χ1n) is 10.1. The van der Waals surface area contributed by atoms with Crippen LogP contribution in [0.1, 0.15) is 10.4 Å². The van der Waals surface area contributed by atoms with Crippen LogP contribution >= 0.6 is 0 Å². The van der Waals surface area contributed by atoms with Crippen molar-refractivity contribution in [1.82, 2.24) is 14.8 Å². The zero-order chi connectivity index (χ0) is 21.8. The molecule has 0 amide bonds. The number of nitrogens with zero attached hydrogens (tertiary/aromatic N) is 3. The van der Waals surface area contributed by atoms with E-state index in [0.29, 0.717) is 29.5 Å². The third-order valence-corrected chi connectivity index (χ3v) is 6.59. The molecule has 0 spiro atoms. The van der Waals surface area contributed by atoms with Crippen LogP contribution in [0, 0.1) is 0 Å². The van der Waals surface area contributed by atoms with Crippen molar-refractivity contribution in [3.05, 3.63) is 60.6 Å². The van der Waals surface area contributed by atoms with E-state index in [-0.39, 0.29) is 0 Å². The molecule has 4 rings (SSSR count). The largest absolute Gasteiger partial charge is 0.463 e. The molecule has 3 aromatic heterocycles. The Morgan fingerprint density at radius 1 is 1.16 bits per heavy atom. The molecule has 0 aliphatic rings. The number of benzene rings is 1. The van der Waals surface area contributed by atoms with Crippen LogP contribution in [0.3, 0.4) is 0 Å². The highest BCUT2D eigenvalue weighted by Crippen LogP contribution is 2.28. The van der Waals surface area contributed by atoms with Crippen LogP contribution in [-0.4, -0.2) is 35.7 Å². The van der Waals surface area contributed by atoms with Gasteiger partial charge in [0.2, 0.25) is 5.88 Å². The molecule has 0 fully saturated rings. The molecule has 0 N–H and O–H groups in total. The molecule has 4 aromatic rings. The first kappa shape index (κ1) is 21.0. The van der Waals surface area contributed by atoms with Crippen molar-refractivity contribution in [3.8, 4) is 22.9 Å². The molecular formula is C23H25N3O4Si. The second kappa shape index (κ2) is 8.87. The Bertz CT molecular complexity index is 1180. The molecule has 0 atom stereocenters. The number of fused-ring (bicyclic) bond motifs is 1. The number of pyridine rings is 1. The summed E-state index contributed by atoms with van der Waals surface area (Å²) in [6.45, 7) is 8.16. The second-order valence-electron chi connectivity index (χ2n) is 8.52. The van der Waals surface area contributed by atoms with E-state index in [1.807, 2.05) is 22.9 Å². The molecule has 160 valence electrons. The van der Waals surface area contributed by atoms with Crippen molar-refractivity contribution in [3.63, 3.8) is 0 Å². The average molecular weight is 436 g/mol. The van der Waals surface area contributed by atoms with Gasteiger partial charge >= 0.3 is 0 Å². The van der Waals surface area contributed by atoms with Crippen molar-refractivity contribution < 1.29 is 18.7 Å². The SMILES string of the molecule is C[Si](C)(C)CCOCn1nccc1-c1ccc(Oc2ccc3c(C=O)coc3c2)nc1. The highest BCUT2D eigenvalue weighted by atomic mass is 28.3. The predicted molar refractivity (Wildman–Crippen MR) is 121 cm³/mol. The van der Waals surface area contributed by atoms with Crippen LogP contribution in [0.25, 0.3) is 22.2 Å². The number of carbonyl (C=O) groups excluding carboxylic acids is 1. The first-order chi connectivity index (χ1) is 14.9. The molecule has 31 heavy (non-hydrogen) atoms. The van der Waals surface area contributed by atoms with Gasteiger partial charge in [-0.25, -0.2) is 9.67 Å². The molecule has 0 aliphatic heterocycles. The molecule has 0 saturated carbocycles. The van der Waals surface area contributed by atoms with Gasteiger partial charge in [0.05, 0.1) is 11.3 Å². The number of rotatable bonds is 9. The standard InChI is InChI=1S/C23H25N3O4Si/c1-31(2,3)11-10-28-16-26-21(8-9-25-26)17-4-7-23(24-13-17)30-19-5-6-20-18(14-27)15-29-22(20)12-19/h4-9,12-15H,10-11,16H2,1-3H3. The Labute approximate surface area is 181 Å². The topological polar surface area (TPSA) is 79.4 Å². The predicted octanol–water partition coefficient (Wildman–Crippen LogP) is 5.61. The van der Waals surface area contributed by atoms with Crippen LogP contribution in [0.15, 0.2) is 59.5 Å². The van der Waals surface area contributed by atoms with E-state index in [9.17, 15) is 4.79 Å². The van der Waals surface area contributed by atoms with E-state index in [1.165, 1.54) is 6.26 Å². The first-order valence-corrected chi connectivity index (χ1v) is 13.8. The number of hydrogen-bond donors (Lipinski definition) is 0. The lowest BCUT2D eigenvalue weighted by Crippen LogP contribution is -2.22. The zero-order valence-corrected chi connectivity index (χ0v) is 18.9. The quantitative estimate of drug-likeness (QED) is 0.193. The van der Waals surface area contributed by atoms with Crippen molar-refractivity contribution in [2.24, 2.45) is 0 Å². The summed E-state index contributed by atoms with van der Waals surface area (Å²) in [7, 11) is -1.11. The summed E-state index contributed by atoms with van der Waals surface area (Å²) in [6.07, 6.45) is 5.72. The molecule has 0 unspecified atom stereocenters. The number of ether oxygens (including phenoxy) is 2. The van der Waals surface area contributed by atoms with Gasteiger partial charge in [0.25, 0.3) is 0 Å². The monoisotopic (exact) mass is 435 g/mol. The number of aromatic nitrogens is 3. The van der Waals surface area contributed by atoms with Gasteiger partial charge < -0.3 is 13.9 Å². The van der Waals surface area contributed by atoms with E-state index in [0.717, 1.165) is 35.6 Å². The third-order valence-electron chi connectivity index (χ3n) is 4.88. The molecule has 0 saturated heterocycles. The van der Waals surface area contributed by atoms with Gasteiger partial charge in [0.15, 0.2) is 6.29 Å². The summed E-state index contributed by atoms with van der Waals surface area (Å²) in [5.74, 6) is 1.04. The Hall–Kier alpha value is -3.23. The van der Waals surface area contributed by atoms with Crippen molar-refractivity contribution >= 4 is 25.3 Å². The maximum absolute atomic E-state index is 11.0. The molecule has 8 heteroatoms. The van der Waals surface area contributed by atoms with Crippen molar-refractivity contribution in [2.45, 2.75) is 32.4 Å². The number of hydrogen-bond acceptors (Lipinski definition) is 6. The summed E-state index contributed by atoms with van der Waals surface area (Å²) in [5.41, 5.74) is 2.97. The highest BCUT2D eigenvalue weighted by molar-refractivity contribution is 6.76. The van der Waals surface area contributed by atoms with Crippen molar-refractivity contribution in [2.75, 3.05) is 6.61 Å². The van der Waals surface area contributed by atoms with Gasteiger partial charge in [-0.3, -0.25) is 4.79 Å². The summed E-state index contributed by atoms with van der Waals surface area (Å²) >= 11 is 0. The minimum atomic E-state index is -1.11. The van der Waals surface area contributed by atoms with Gasteiger partial charge in [-0.15, -0.1) is 0 Å². The average Bonchev–Trinajstić information content (AvgIpc) is 3.37. The van der Waals surface area contributed by atoms with E-state index in [1.54, 1.807) is 30.6 Å². The maximum Gasteiger partial charge on any atom is 0.219 e. The van der Waals surface area contributed by atoms with Gasteiger partial charge in [-0.05, 0) is 30.3 Å². The van der Waals surface area contributed by atoms with Gasteiger partial charge in [-0.1, -0.05) is 19.6 Å². The lowest BCUT2D eigenvalue weighted by molar-refractivity contribution is 0.0798. The summed E-state index contributed by atoms with van der Waals surface area (Å²) < 4.78 is 18.9. The van der Waals surface area contributed by atoms with Crippen LogP contribution in [-0.2, 0) is 11.5 Å². The van der Waals surface area contributed by atoms with Crippen LogP contribution in [0.4, 0.5) is 0 Å². The molecule has 0 aliphatic carbocycles. The molecule has 3 heterocycles. The minimum absolute atomic E-state index is 0.414. The fraction of sp³-hybridized carbons (Fsp3) is 0.261. The van der Waals surface area contributed by atoms with Crippen molar-refractivity contribution in [1.29, 1.82) is 0 Å². The highest BCUT2D eigenvalue weighted by Gasteiger charge is 2.13. The van der Waals surface area contributed by atoms with E-state index >= 15 is 0 Å². The van der Waals surface area contributed by atoms with Gasteiger partial charge in [0.1, 0.15) is 24.3 Å². The maximum atomic E-state index is 11.0. The number of furan rings is 1. The molecule has 1 aromatic carbocycles. The van der Waals surface area contributed by atoms with Gasteiger partial charge in [-0.2, -0.15) is 5.10 Å². The molecule has 0 radical (unpaired) electrons.